The maximum Gasteiger partial charge on any atom is 0.261 e. The van der Waals surface area contributed by atoms with Gasteiger partial charge in [-0.05, 0) is 61.0 Å². The Labute approximate surface area is 163 Å². The van der Waals surface area contributed by atoms with Gasteiger partial charge in [-0.25, -0.2) is 8.42 Å². The van der Waals surface area contributed by atoms with Crippen LogP contribution < -0.4 is 10.0 Å². The molecule has 138 valence electrons. The van der Waals surface area contributed by atoms with Gasteiger partial charge in [0.15, 0.2) is 0 Å². The highest BCUT2D eigenvalue weighted by molar-refractivity contribution is 7.92. The number of carbonyl (C=O) groups is 1. The number of carbonyl (C=O) groups excluding carboxylic acids is 1. The Balaban J connectivity index is 1.76. The molecule has 27 heavy (non-hydrogen) atoms. The lowest BCUT2D eigenvalue weighted by Gasteiger charge is -2.12. The number of anilines is 2. The Morgan fingerprint density at radius 3 is 2.26 bits per heavy atom. The van der Waals surface area contributed by atoms with Crippen molar-refractivity contribution < 1.29 is 13.2 Å². The number of amides is 1. The van der Waals surface area contributed by atoms with Crippen molar-refractivity contribution >= 4 is 38.9 Å². The topological polar surface area (TPSA) is 75.3 Å². The standard InChI is InChI=1S/C20H17ClN2O3S/c1-14-7-8-16(21)13-19(14)23-27(25,26)18-11-9-17(10-12-18)22-20(24)15-5-3-2-4-6-15/h2-13,23H,1H3,(H,22,24). The molecular weight excluding hydrogens is 384 g/mol. The van der Waals surface area contributed by atoms with E-state index >= 15 is 0 Å². The molecule has 5 nitrogen and oxygen atoms in total. The summed E-state index contributed by atoms with van der Waals surface area (Å²) in [5.74, 6) is -0.265. The summed E-state index contributed by atoms with van der Waals surface area (Å²) in [5, 5.41) is 3.17. The zero-order valence-electron chi connectivity index (χ0n) is 14.4. The minimum Gasteiger partial charge on any atom is -0.322 e. The summed E-state index contributed by atoms with van der Waals surface area (Å²) in [6.45, 7) is 1.79. The zero-order valence-corrected chi connectivity index (χ0v) is 16.0. The van der Waals surface area contributed by atoms with Crippen molar-refractivity contribution in [1.29, 1.82) is 0 Å². The quantitative estimate of drug-likeness (QED) is 0.651. The van der Waals surface area contributed by atoms with Gasteiger partial charge >= 0.3 is 0 Å². The summed E-state index contributed by atoms with van der Waals surface area (Å²) in [5.41, 5.74) is 2.20. The molecule has 0 saturated heterocycles. The lowest BCUT2D eigenvalue weighted by atomic mass is 10.2. The molecule has 0 aliphatic carbocycles. The molecule has 0 aliphatic heterocycles. The summed E-state index contributed by atoms with van der Waals surface area (Å²) in [7, 11) is -3.77. The van der Waals surface area contributed by atoms with E-state index in [1.54, 1.807) is 61.5 Å². The van der Waals surface area contributed by atoms with Crippen molar-refractivity contribution in [2.24, 2.45) is 0 Å². The van der Waals surface area contributed by atoms with E-state index in [1.165, 1.54) is 12.1 Å². The third kappa shape index (κ3) is 4.67. The molecule has 0 saturated carbocycles. The van der Waals surface area contributed by atoms with E-state index < -0.39 is 10.0 Å². The lowest BCUT2D eigenvalue weighted by Crippen LogP contribution is -2.14. The number of rotatable bonds is 5. The van der Waals surface area contributed by atoms with E-state index in [0.29, 0.717) is 22.0 Å². The van der Waals surface area contributed by atoms with Crippen LogP contribution in [-0.2, 0) is 10.0 Å². The van der Waals surface area contributed by atoms with Gasteiger partial charge in [0.05, 0.1) is 10.6 Å². The molecule has 2 N–H and O–H groups in total. The van der Waals surface area contributed by atoms with Crippen LogP contribution in [0.2, 0.25) is 5.02 Å². The van der Waals surface area contributed by atoms with Gasteiger partial charge in [-0.2, -0.15) is 0 Å². The summed E-state index contributed by atoms with van der Waals surface area (Å²) in [6, 6.07) is 19.7. The van der Waals surface area contributed by atoms with Gasteiger partial charge in [0.2, 0.25) is 0 Å². The Kier molecular flexibility index (Phi) is 5.48. The van der Waals surface area contributed by atoms with Crippen molar-refractivity contribution in [3.05, 3.63) is 88.9 Å². The number of hydrogen-bond acceptors (Lipinski definition) is 3. The van der Waals surface area contributed by atoms with Crippen LogP contribution in [0.15, 0.2) is 77.7 Å². The fourth-order valence-electron chi connectivity index (χ4n) is 2.42. The molecule has 3 rings (SSSR count). The van der Waals surface area contributed by atoms with E-state index in [4.69, 9.17) is 11.6 Å². The summed E-state index contributed by atoms with van der Waals surface area (Å²) >= 11 is 5.94. The van der Waals surface area contributed by atoms with Gasteiger partial charge in [-0.3, -0.25) is 9.52 Å². The van der Waals surface area contributed by atoms with Crippen molar-refractivity contribution in [3.63, 3.8) is 0 Å². The van der Waals surface area contributed by atoms with E-state index in [-0.39, 0.29) is 10.8 Å². The number of hydrogen-bond donors (Lipinski definition) is 2. The predicted octanol–water partition coefficient (Wildman–Crippen LogP) is 4.70. The minimum absolute atomic E-state index is 0.0829. The monoisotopic (exact) mass is 400 g/mol. The average Bonchev–Trinajstić information content (AvgIpc) is 2.65. The minimum atomic E-state index is -3.77. The van der Waals surface area contributed by atoms with Crippen LogP contribution in [0.25, 0.3) is 0 Å². The molecule has 1 amide bonds. The van der Waals surface area contributed by atoms with E-state index in [0.717, 1.165) is 5.56 Å². The Morgan fingerprint density at radius 2 is 1.59 bits per heavy atom. The molecule has 3 aromatic carbocycles. The second-order valence-electron chi connectivity index (χ2n) is 5.91. The van der Waals surface area contributed by atoms with Crippen LogP contribution in [-0.4, -0.2) is 14.3 Å². The number of benzene rings is 3. The number of aryl methyl sites for hydroxylation is 1. The van der Waals surface area contributed by atoms with Crippen LogP contribution in [0.4, 0.5) is 11.4 Å². The normalized spacial score (nSPS) is 11.0. The van der Waals surface area contributed by atoms with Crippen LogP contribution in [0.5, 0.6) is 0 Å². The predicted molar refractivity (Wildman–Crippen MR) is 108 cm³/mol. The van der Waals surface area contributed by atoms with Gasteiger partial charge in [0, 0.05) is 16.3 Å². The first-order chi connectivity index (χ1) is 12.8. The molecule has 0 aliphatic rings. The van der Waals surface area contributed by atoms with Crippen molar-refractivity contribution in [2.45, 2.75) is 11.8 Å². The van der Waals surface area contributed by atoms with Gasteiger partial charge in [0.25, 0.3) is 15.9 Å². The van der Waals surface area contributed by atoms with Crippen molar-refractivity contribution in [3.8, 4) is 0 Å². The molecule has 0 radical (unpaired) electrons. The largest absolute Gasteiger partial charge is 0.322 e. The maximum atomic E-state index is 12.6. The SMILES string of the molecule is Cc1ccc(Cl)cc1NS(=O)(=O)c1ccc(NC(=O)c2ccccc2)cc1. The fraction of sp³-hybridized carbons (Fsp3) is 0.0500. The Bertz CT molecular complexity index is 1070. The summed E-state index contributed by atoms with van der Waals surface area (Å²) < 4.78 is 27.7. The zero-order chi connectivity index (χ0) is 19.4. The Hall–Kier alpha value is -2.83. The maximum absolute atomic E-state index is 12.6. The first-order valence-electron chi connectivity index (χ1n) is 8.10. The highest BCUT2D eigenvalue weighted by Crippen LogP contribution is 2.24. The molecule has 0 unspecified atom stereocenters. The van der Waals surface area contributed by atoms with Crippen LogP contribution in [0, 0.1) is 6.92 Å². The molecule has 0 heterocycles. The van der Waals surface area contributed by atoms with E-state index in [9.17, 15) is 13.2 Å². The third-order valence-corrected chi connectivity index (χ3v) is 5.52. The number of nitrogens with one attached hydrogen (secondary N) is 2. The van der Waals surface area contributed by atoms with Gasteiger partial charge < -0.3 is 5.32 Å². The second-order valence-corrected chi connectivity index (χ2v) is 8.03. The molecular formula is C20H17ClN2O3S. The van der Waals surface area contributed by atoms with Crippen molar-refractivity contribution in [1.82, 2.24) is 0 Å². The molecule has 0 aromatic heterocycles. The highest BCUT2D eigenvalue weighted by Gasteiger charge is 2.16. The average molecular weight is 401 g/mol. The van der Waals surface area contributed by atoms with Gasteiger partial charge in [0.1, 0.15) is 0 Å². The molecule has 3 aromatic rings. The lowest BCUT2D eigenvalue weighted by molar-refractivity contribution is 0.102. The molecule has 0 spiro atoms. The third-order valence-electron chi connectivity index (χ3n) is 3.90. The molecule has 7 heteroatoms. The van der Waals surface area contributed by atoms with Gasteiger partial charge in [-0.15, -0.1) is 0 Å². The second kappa shape index (κ2) is 7.82. The number of halogens is 1. The first kappa shape index (κ1) is 18.9. The molecule has 0 fully saturated rings. The summed E-state index contributed by atoms with van der Waals surface area (Å²) in [4.78, 5) is 12.2. The smallest absolute Gasteiger partial charge is 0.261 e. The molecule has 0 atom stereocenters. The Morgan fingerprint density at radius 1 is 0.926 bits per heavy atom. The fourth-order valence-corrected chi connectivity index (χ4v) is 3.71. The molecule has 0 bridgehead atoms. The first-order valence-corrected chi connectivity index (χ1v) is 9.97. The van der Waals surface area contributed by atoms with E-state index in [1.807, 2.05) is 6.07 Å². The van der Waals surface area contributed by atoms with Crippen LogP contribution >= 0.6 is 11.6 Å². The highest BCUT2D eigenvalue weighted by atomic mass is 35.5. The van der Waals surface area contributed by atoms with Crippen LogP contribution in [0.1, 0.15) is 15.9 Å². The number of sulfonamides is 1. The summed E-state index contributed by atoms with van der Waals surface area (Å²) in [6.07, 6.45) is 0. The van der Waals surface area contributed by atoms with Crippen molar-refractivity contribution in [2.75, 3.05) is 10.0 Å². The van der Waals surface area contributed by atoms with E-state index in [2.05, 4.69) is 10.0 Å². The van der Waals surface area contributed by atoms with Gasteiger partial charge in [-0.1, -0.05) is 35.9 Å². The van der Waals surface area contributed by atoms with Crippen LogP contribution in [0.3, 0.4) is 0 Å².